The van der Waals surface area contributed by atoms with Crippen molar-refractivity contribution in [3.63, 3.8) is 0 Å². The van der Waals surface area contributed by atoms with E-state index >= 15 is 0 Å². The Kier molecular flexibility index (Phi) is 3.10. The molecule has 3 N–H and O–H groups in total. The van der Waals surface area contributed by atoms with E-state index in [1.54, 1.807) is 0 Å². The lowest BCUT2D eigenvalue weighted by atomic mass is 10.3. The first-order valence-electron chi connectivity index (χ1n) is 4.79. The number of nitrogens with two attached hydrogens (primary N) is 1. The number of ether oxygens (including phenoxy) is 2. The van der Waals surface area contributed by atoms with Crippen LogP contribution < -0.4 is 11.3 Å². The minimum Gasteiger partial charge on any atom is -0.376 e. The zero-order valence-corrected chi connectivity index (χ0v) is 8.23. The number of aromatic nitrogens is 2. The summed E-state index contributed by atoms with van der Waals surface area (Å²) >= 11 is 0. The lowest BCUT2D eigenvalue weighted by Gasteiger charge is -2.22. The van der Waals surface area contributed by atoms with Crippen LogP contribution >= 0.6 is 0 Å². The Labute approximate surface area is 86.4 Å². The normalized spacial score (nSPS) is 21.5. The van der Waals surface area contributed by atoms with Crippen LogP contribution in [0.25, 0.3) is 0 Å². The number of aromatic amines is 1. The molecule has 0 saturated carbocycles. The zero-order chi connectivity index (χ0) is 10.7. The smallest absolute Gasteiger partial charge is 0.251 e. The van der Waals surface area contributed by atoms with E-state index in [1.165, 1.54) is 6.07 Å². The van der Waals surface area contributed by atoms with Gasteiger partial charge in [-0.1, -0.05) is 0 Å². The van der Waals surface area contributed by atoms with Crippen molar-refractivity contribution in [2.24, 2.45) is 5.73 Å². The average molecular weight is 211 g/mol. The van der Waals surface area contributed by atoms with Gasteiger partial charge in [0.1, 0.15) is 11.9 Å². The van der Waals surface area contributed by atoms with Gasteiger partial charge in [0.15, 0.2) is 0 Å². The summed E-state index contributed by atoms with van der Waals surface area (Å²) in [4.78, 5) is 18.1. The number of rotatable bonds is 2. The highest BCUT2D eigenvalue weighted by Gasteiger charge is 2.19. The molecule has 6 heteroatoms. The second kappa shape index (κ2) is 4.52. The van der Waals surface area contributed by atoms with Crippen molar-refractivity contribution in [3.8, 4) is 0 Å². The molecule has 1 aromatic rings. The molecule has 2 heterocycles. The van der Waals surface area contributed by atoms with E-state index in [9.17, 15) is 4.79 Å². The molecule has 0 radical (unpaired) electrons. The monoisotopic (exact) mass is 211 g/mol. The summed E-state index contributed by atoms with van der Waals surface area (Å²) in [7, 11) is 0. The molecule has 0 aromatic carbocycles. The van der Waals surface area contributed by atoms with Gasteiger partial charge in [0, 0.05) is 12.6 Å². The number of nitrogens with one attached hydrogen (secondary N) is 1. The second-order valence-corrected chi connectivity index (χ2v) is 3.26. The number of hydrogen-bond donors (Lipinski definition) is 2. The van der Waals surface area contributed by atoms with E-state index in [-0.39, 0.29) is 18.2 Å². The Bertz CT molecular complexity index is 384. The molecule has 1 atom stereocenters. The van der Waals surface area contributed by atoms with E-state index in [4.69, 9.17) is 15.2 Å². The van der Waals surface area contributed by atoms with E-state index in [1.807, 2.05) is 0 Å². The van der Waals surface area contributed by atoms with Gasteiger partial charge >= 0.3 is 0 Å². The minimum absolute atomic E-state index is 0.213. The fraction of sp³-hybridized carbons (Fsp3) is 0.556. The summed E-state index contributed by atoms with van der Waals surface area (Å²) in [5.74, 6) is 0.489. The quantitative estimate of drug-likeness (QED) is 0.676. The van der Waals surface area contributed by atoms with Crippen molar-refractivity contribution in [3.05, 3.63) is 27.9 Å². The van der Waals surface area contributed by atoms with Gasteiger partial charge in [0.2, 0.25) is 0 Å². The summed E-state index contributed by atoms with van der Waals surface area (Å²) in [6.45, 7) is 1.75. The Morgan fingerprint density at radius 1 is 1.60 bits per heavy atom. The molecular formula is C9H13N3O3. The first-order chi connectivity index (χ1) is 7.29. The molecule has 2 rings (SSSR count). The van der Waals surface area contributed by atoms with Crippen molar-refractivity contribution >= 4 is 0 Å². The van der Waals surface area contributed by atoms with Gasteiger partial charge in [-0.05, 0) is 0 Å². The highest BCUT2D eigenvalue weighted by atomic mass is 16.6. The molecule has 1 fully saturated rings. The van der Waals surface area contributed by atoms with E-state index in [0.717, 1.165) is 0 Å². The van der Waals surface area contributed by atoms with E-state index in [0.29, 0.717) is 31.3 Å². The molecule has 15 heavy (non-hydrogen) atoms. The van der Waals surface area contributed by atoms with Crippen molar-refractivity contribution < 1.29 is 9.47 Å². The van der Waals surface area contributed by atoms with Crippen LogP contribution in [0.1, 0.15) is 17.6 Å². The van der Waals surface area contributed by atoms with Crippen molar-refractivity contribution in [2.75, 3.05) is 19.8 Å². The van der Waals surface area contributed by atoms with Gasteiger partial charge in [0.05, 0.1) is 25.5 Å². The SMILES string of the molecule is NCc1cc(=O)[nH]c(C2COCCO2)n1. The Balaban J connectivity index is 2.26. The molecule has 1 aliphatic heterocycles. The summed E-state index contributed by atoms with van der Waals surface area (Å²) in [5, 5.41) is 0. The van der Waals surface area contributed by atoms with Crippen LogP contribution in [0.4, 0.5) is 0 Å². The third-order valence-electron chi connectivity index (χ3n) is 2.14. The molecular weight excluding hydrogens is 198 g/mol. The van der Waals surface area contributed by atoms with Gasteiger partial charge in [0.25, 0.3) is 5.56 Å². The van der Waals surface area contributed by atoms with Gasteiger partial charge in [-0.2, -0.15) is 0 Å². The maximum atomic E-state index is 11.3. The third kappa shape index (κ3) is 2.41. The van der Waals surface area contributed by atoms with Crippen LogP contribution in [-0.4, -0.2) is 29.8 Å². The van der Waals surface area contributed by atoms with Crippen LogP contribution in [0, 0.1) is 0 Å². The number of H-pyrrole nitrogens is 1. The lowest BCUT2D eigenvalue weighted by Crippen LogP contribution is -2.26. The summed E-state index contributed by atoms with van der Waals surface area (Å²) in [6, 6.07) is 1.38. The molecule has 0 amide bonds. The molecule has 1 saturated heterocycles. The van der Waals surface area contributed by atoms with Crippen molar-refractivity contribution in [1.82, 2.24) is 9.97 Å². The Morgan fingerprint density at radius 3 is 3.13 bits per heavy atom. The average Bonchev–Trinajstić information content (AvgIpc) is 2.29. The molecule has 0 aliphatic carbocycles. The van der Waals surface area contributed by atoms with Gasteiger partial charge in [-0.3, -0.25) is 4.79 Å². The van der Waals surface area contributed by atoms with Crippen LogP contribution in [-0.2, 0) is 16.0 Å². The topological polar surface area (TPSA) is 90.2 Å². The summed E-state index contributed by atoms with van der Waals surface area (Å²) in [6.07, 6.45) is -0.294. The highest BCUT2D eigenvalue weighted by molar-refractivity contribution is 5.04. The molecule has 82 valence electrons. The molecule has 1 aliphatic rings. The van der Waals surface area contributed by atoms with Crippen LogP contribution in [0.5, 0.6) is 0 Å². The maximum Gasteiger partial charge on any atom is 0.251 e. The van der Waals surface area contributed by atoms with Gasteiger partial charge < -0.3 is 20.2 Å². The fourth-order valence-corrected chi connectivity index (χ4v) is 1.43. The van der Waals surface area contributed by atoms with Gasteiger partial charge in [-0.25, -0.2) is 4.98 Å². The lowest BCUT2D eigenvalue weighted by molar-refractivity contribution is -0.0936. The molecule has 1 unspecified atom stereocenters. The molecule has 0 spiro atoms. The first kappa shape index (κ1) is 10.3. The highest BCUT2D eigenvalue weighted by Crippen LogP contribution is 2.15. The fourth-order valence-electron chi connectivity index (χ4n) is 1.43. The van der Waals surface area contributed by atoms with Crippen LogP contribution in [0.2, 0.25) is 0 Å². The van der Waals surface area contributed by atoms with Crippen LogP contribution in [0.3, 0.4) is 0 Å². The zero-order valence-electron chi connectivity index (χ0n) is 8.23. The minimum atomic E-state index is -0.294. The van der Waals surface area contributed by atoms with E-state index in [2.05, 4.69) is 9.97 Å². The Hall–Kier alpha value is -1.24. The van der Waals surface area contributed by atoms with E-state index < -0.39 is 0 Å². The number of nitrogens with zero attached hydrogens (tertiary/aromatic N) is 1. The van der Waals surface area contributed by atoms with Gasteiger partial charge in [-0.15, -0.1) is 0 Å². The first-order valence-corrected chi connectivity index (χ1v) is 4.79. The molecule has 0 bridgehead atoms. The number of hydrogen-bond acceptors (Lipinski definition) is 5. The molecule has 6 nitrogen and oxygen atoms in total. The van der Waals surface area contributed by atoms with Crippen LogP contribution in [0.15, 0.2) is 10.9 Å². The van der Waals surface area contributed by atoms with Crippen molar-refractivity contribution in [2.45, 2.75) is 12.6 Å². The third-order valence-corrected chi connectivity index (χ3v) is 2.14. The summed E-state index contributed by atoms with van der Waals surface area (Å²) < 4.78 is 10.7. The Morgan fingerprint density at radius 2 is 2.47 bits per heavy atom. The summed E-state index contributed by atoms with van der Waals surface area (Å²) in [5.41, 5.74) is 5.77. The standard InChI is InChI=1S/C9H13N3O3/c10-4-6-3-8(13)12-9(11-6)7-5-14-1-2-15-7/h3,7H,1-2,4-5,10H2,(H,11,12,13). The molecule has 1 aromatic heterocycles. The second-order valence-electron chi connectivity index (χ2n) is 3.26. The largest absolute Gasteiger partial charge is 0.376 e. The van der Waals surface area contributed by atoms with Crippen molar-refractivity contribution in [1.29, 1.82) is 0 Å². The predicted octanol–water partition coefficient (Wildman–Crippen LogP) is -0.684. The maximum absolute atomic E-state index is 11.3. The predicted molar refractivity (Wildman–Crippen MR) is 52.3 cm³/mol.